The van der Waals surface area contributed by atoms with E-state index in [1.54, 1.807) is 14.2 Å². The first-order valence-corrected chi connectivity index (χ1v) is 5.64. The fourth-order valence-corrected chi connectivity index (χ4v) is 2.19. The van der Waals surface area contributed by atoms with E-state index in [0.717, 1.165) is 32.2 Å². The van der Waals surface area contributed by atoms with Crippen molar-refractivity contribution in [2.45, 2.75) is 37.3 Å². The van der Waals surface area contributed by atoms with Gasteiger partial charge in [0, 0.05) is 26.3 Å². The molecule has 0 aromatic heterocycles. The maximum absolute atomic E-state index is 9.46. The zero-order chi connectivity index (χ0) is 11.1. The maximum atomic E-state index is 9.46. The smallest absolute Gasteiger partial charge is 0.0613 e. The van der Waals surface area contributed by atoms with Gasteiger partial charge in [0.1, 0.15) is 0 Å². The first kappa shape index (κ1) is 12.9. The predicted molar refractivity (Wildman–Crippen MR) is 59.0 cm³/mol. The number of nitrogens with one attached hydrogen (secondary N) is 1. The van der Waals surface area contributed by atoms with Crippen molar-refractivity contribution in [3.05, 3.63) is 0 Å². The molecule has 0 heterocycles. The molecule has 1 saturated carbocycles. The Kier molecular flexibility index (Phi) is 5.53. The van der Waals surface area contributed by atoms with Gasteiger partial charge in [0.15, 0.2) is 0 Å². The van der Waals surface area contributed by atoms with Crippen LogP contribution in [0.1, 0.15) is 25.7 Å². The molecule has 15 heavy (non-hydrogen) atoms. The molecule has 0 radical (unpaired) electrons. The Morgan fingerprint density at radius 2 is 2.00 bits per heavy atom. The van der Waals surface area contributed by atoms with E-state index in [-0.39, 0.29) is 12.1 Å². The van der Waals surface area contributed by atoms with Crippen LogP contribution in [0.15, 0.2) is 0 Å². The molecule has 0 aromatic carbocycles. The number of methoxy groups -OCH3 is 2. The Hall–Kier alpha value is -0.160. The highest BCUT2D eigenvalue weighted by molar-refractivity contribution is 4.92. The van der Waals surface area contributed by atoms with Crippen LogP contribution < -0.4 is 5.32 Å². The van der Waals surface area contributed by atoms with E-state index in [1.807, 2.05) is 0 Å². The van der Waals surface area contributed by atoms with Gasteiger partial charge in [-0.25, -0.2) is 0 Å². The number of rotatable bonds is 6. The summed E-state index contributed by atoms with van der Waals surface area (Å²) in [6.07, 6.45) is 4.37. The van der Waals surface area contributed by atoms with Crippen molar-refractivity contribution in [1.82, 2.24) is 5.32 Å². The van der Waals surface area contributed by atoms with E-state index < -0.39 is 0 Å². The summed E-state index contributed by atoms with van der Waals surface area (Å²) in [7, 11) is 3.45. The van der Waals surface area contributed by atoms with Crippen molar-refractivity contribution in [3.8, 4) is 0 Å². The summed E-state index contributed by atoms with van der Waals surface area (Å²) >= 11 is 0. The van der Waals surface area contributed by atoms with E-state index >= 15 is 0 Å². The Bertz CT molecular complexity index is 162. The standard InChI is InChI=1S/C11H23NO3/c1-14-8-7-12-11(9-13)5-3-10(15-2)4-6-11/h10,12-13H,3-9H2,1-2H3. The van der Waals surface area contributed by atoms with Crippen molar-refractivity contribution in [2.75, 3.05) is 34.0 Å². The highest BCUT2D eigenvalue weighted by Crippen LogP contribution is 2.29. The van der Waals surface area contributed by atoms with Crippen molar-refractivity contribution < 1.29 is 14.6 Å². The van der Waals surface area contributed by atoms with Gasteiger partial charge in [0.25, 0.3) is 0 Å². The molecule has 4 heteroatoms. The Morgan fingerprint density at radius 1 is 1.33 bits per heavy atom. The Balaban J connectivity index is 2.34. The third-order valence-electron chi connectivity index (χ3n) is 3.33. The number of hydrogen-bond donors (Lipinski definition) is 2. The second-order valence-electron chi connectivity index (χ2n) is 4.29. The Labute approximate surface area is 92.0 Å². The number of hydrogen-bond acceptors (Lipinski definition) is 4. The summed E-state index contributed by atoms with van der Waals surface area (Å²) in [5.41, 5.74) is -0.104. The number of ether oxygens (including phenoxy) is 2. The number of aliphatic hydroxyl groups is 1. The molecule has 2 N–H and O–H groups in total. The largest absolute Gasteiger partial charge is 0.394 e. The van der Waals surface area contributed by atoms with Crippen LogP contribution in [0.3, 0.4) is 0 Å². The van der Waals surface area contributed by atoms with Crippen LogP contribution >= 0.6 is 0 Å². The van der Waals surface area contributed by atoms with Crippen LogP contribution in [0.4, 0.5) is 0 Å². The first-order valence-electron chi connectivity index (χ1n) is 5.64. The molecule has 1 fully saturated rings. The highest BCUT2D eigenvalue weighted by atomic mass is 16.5. The predicted octanol–water partition coefficient (Wildman–Crippen LogP) is 0.542. The quantitative estimate of drug-likeness (QED) is 0.638. The minimum absolute atomic E-state index is 0.104. The topological polar surface area (TPSA) is 50.7 Å². The molecule has 1 aliphatic rings. The molecule has 0 bridgehead atoms. The summed E-state index contributed by atoms with van der Waals surface area (Å²) in [6, 6.07) is 0. The molecule has 4 nitrogen and oxygen atoms in total. The minimum atomic E-state index is -0.104. The second kappa shape index (κ2) is 6.43. The summed E-state index contributed by atoms with van der Waals surface area (Å²) in [5.74, 6) is 0. The molecular formula is C11H23NO3. The average Bonchev–Trinajstić information content (AvgIpc) is 2.30. The number of aliphatic hydroxyl groups excluding tert-OH is 1. The summed E-state index contributed by atoms with van der Waals surface area (Å²) in [5, 5.41) is 12.9. The van der Waals surface area contributed by atoms with Crippen LogP contribution in [-0.4, -0.2) is 50.7 Å². The van der Waals surface area contributed by atoms with Crippen LogP contribution in [0, 0.1) is 0 Å². The zero-order valence-corrected chi connectivity index (χ0v) is 9.79. The molecule has 1 rings (SSSR count). The van der Waals surface area contributed by atoms with Gasteiger partial charge in [0.05, 0.1) is 19.3 Å². The summed E-state index contributed by atoms with van der Waals surface area (Å²) in [6.45, 7) is 1.69. The van der Waals surface area contributed by atoms with Gasteiger partial charge < -0.3 is 19.9 Å². The lowest BCUT2D eigenvalue weighted by Gasteiger charge is -2.39. The lowest BCUT2D eigenvalue weighted by atomic mass is 9.81. The van der Waals surface area contributed by atoms with Gasteiger partial charge >= 0.3 is 0 Å². The SMILES string of the molecule is COCCNC1(CO)CCC(OC)CC1. The van der Waals surface area contributed by atoms with E-state index in [9.17, 15) is 5.11 Å². The lowest BCUT2D eigenvalue weighted by molar-refractivity contribution is 0.0211. The molecule has 0 spiro atoms. The molecule has 0 unspecified atom stereocenters. The Morgan fingerprint density at radius 3 is 2.47 bits per heavy atom. The highest BCUT2D eigenvalue weighted by Gasteiger charge is 2.34. The van der Waals surface area contributed by atoms with E-state index in [0.29, 0.717) is 12.7 Å². The van der Waals surface area contributed by atoms with Gasteiger partial charge in [-0.1, -0.05) is 0 Å². The van der Waals surface area contributed by atoms with Crippen LogP contribution in [0.2, 0.25) is 0 Å². The molecule has 0 atom stereocenters. The fraction of sp³-hybridized carbons (Fsp3) is 1.00. The van der Waals surface area contributed by atoms with Gasteiger partial charge in [-0.3, -0.25) is 0 Å². The molecule has 0 saturated heterocycles. The normalized spacial score (nSPS) is 31.8. The molecule has 0 aliphatic heterocycles. The van der Waals surface area contributed by atoms with Gasteiger partial charge in [-0.05, 0) is 25.7 Å². The maximum Gasteiger partial charge on any atom is 0.0613 e. The monoisotopic (exact) mass is 217 g/mol. The second-order valence-corrected chi connectivity index (χ2v) is 4.29. The molecule has 0 amide bonds. The van der Waals surface area contributed by atoms with Gasteiger partial charge in [-0.15, -0.1) is 0 Å². The summed E-state index contributed by atoms with van der Waals surface area (Å²) < 4.78 is 10.3. The fourth-order valence-electron chi connectivity index (χ4n) is 2.19. The van der Waals surface area contributed by atoms with Crippen molar-refractivity contribution in [1.29, 1.82) is 0 Å². The van der Waals surface area contributed by atoms with Gasteiger partial charge in [-0.2, -0.15) is 0 Å². The zero-order valence-electron chi connectivity index (χ0n) is 9.79. The van der Waals surface area contributed by atoms with E-state index in [2.05, 4.69) is 5.32 Å². The summed E-state index contributed by atoms with van der Waals surface area (Å²) in [4.78, 5) is 0. The molecular weight excluding hydrogens is 194 g/mol. The lowest BCUT2D eigenvalue weighted by Crippen LogP contribution is -2.52. The van der Waals surface area contributed by atoms with Crippen molar-refractivity contribution in [2.24, 2.45) is 0 Å². The third-order valence-corrected chi connectivity index (χ3v) is 3.33. The molecule has 90 valence electrons. The van der Waals surface area contributed by atoms with Gasteiger partial charge in [0.2, 0.25) is 0 Å². The first-order chi connectivity index (χ1) is 7.26. The van der Waals surface area contributed by atoms with E-state index in [1.165, 1.54) is 0 Å². The van der Waals surface area contributed by atoms with E-state index in [4.69, 9.17) is 9.47 Å². The van der Waals surface area contributed by atoms with Crippen molar-refractivity contribution in [3.63, 3.8) is 0 Å². The van der Waals surface area contributed by atoms with Crippen LogP contribution in [-0.2, 0) is 9.47 Å². The van der Waals surface area contributed by atoms with Crippen molar-refractivity contribution >= 4 is 0 Å². The van der Waals surface area contributed by atoms with Crippen LogP contribution in [0.25, 0.3) is 0 Å². The average molecular weight is 217 g/mol. The minimum Gasteiger partial charge on any atom is -0.394 e. The van der Waals surface area contributed by atoms with Crippen LogP contribution in [0.5, 0.6) is 0 Å². The third kappa shape index (κ3) is 3.72. The molecule has 0 aromatic rings. The molecule has 1 aliphatic carbocycles.